The number of likely N-dealkylation sites (tertiary alicyclic amines) is 1. The number of piperidine rings is 1. The maximum Gasteiger partial charge on any atom is 0.273 e. The summed E-state index contributed by atoms with van der Waals surface area (Å²) in [5, 5.41) is 12.1. The molecule has 0 unspecified atom stereocenters. The van der Waals surface area contributed by atoms with Crippen molar-refractivity contribution < 1.29 is 14.7 Å². The largest absolute Gasteiger partial charge is 0.505 e. The number of aromatic nitrogens is 1. The predicted molar refractivity (Wildman–Crippen MR) is 77.8 cm³/mol. The minimum atomic E-state index is -0.479. The number of amides is 2. The lowest BCUT2D eigenvalue weighted by atomic mass is 10.1. The molecule has 2 N–H and O–H groups in total. The number of hydrogen-bond acceptors (Lipinski definition) is 4. The highest BCUT2D eigenvalue weighted by atomic mass is 16.3. The minimum Gasteiger partial charge on any atom is -0.505 e. The lowest BCUT2D eigenvalue weighted by molar-refractivity contribution is -0.131. The second-order valence-electron chi connectivity index (χ2n) is 5.01. The van der Waals surface area contributed by atoms with Crippen molar-refractivity contribution in [2.75, 3.05) is 19.6 Å². The number of nitrogens with zero attached hydrogens (tertiary/aromatic N) is 2. The number of nitrogens with one attached hydrogen (secondary N) is 1. The zero-order valence-electron chi connectivity index (χ0n) is 11.8. The van der Waals surface area contributed by atoms with Crippen molar-refractivity contribution in [1.29, 1.82) is 0 Å². The summed E-state index contributed by atoms with van der Waals surface area (Å²) in [5.41, 5.74) is 1.15. The molecule has 1 aromatic rings. The van der Waals surface area contributed by atoms with Crippen molar-refractivity contribution in [3.63, 3.8) is 0 Å². The van der Waals surface area contributed by atoms with E-state index in [4.69, 9.17) is 0 Å². The lowest BCUT2D eigenvalue weighted by Crippen LogP contribution is -2.38. The molecule has 0 bridgehead atoms. The van der Waals surface area contributed by atoms with E-state index in [0.717, 1.165) is 12.8 Å². The Bertz CT molecular complexity index is 547. The van der Waals surface area contributed by atoms with E-state index in [1.54, 1.807) is 11.0 Å². The van der Waals surface area contributed by atoms with E-state index < -0.39 is 5.91 Å². The Balaban J connectivity index is 1.76. The standard InChI is InChI=1S/C15H19N3O3/c1-11-5-9-18(10-6-11)13(20)4-8-17-15(21)14-12(19)3-2-7-16-14/h2-3,7,19H,1,4-6,8-10H2,(H,17,21). The highest BCUT2D eigenvalue weighted by Crippen LogP contribution is 2.14. The predicted octanol–water partition coefficient (Wildman–Crippen LogP) is 1.09. The van der Waals surface area contributed by atoms with Crippen LogP contribution in [0.3, 0.4) is 0 Å². The summed E-state index contributed by atoms with van der Waals surface area (Å²) in [6.07, 6.45) is 3.37. The molecular weight excluding hydrogens is 270 g/mol. The number of aromatic hydroxyl groups is 1. The number of rotatable bonds is 4. The first-order valence-corrected chi connectivity index (χ1v) is 6.94. The van der Waals surface area contributed by atoms with Crippen LogP contribution in [-0.2, 0) is 4.79 Å². The number of hydrogen-bond donors (Lipinski definition) is 2. The van der Waals surface area contributed by atoms with Gasteiger partial charge in [0.2, 0.25) is 5.91 Å². The van der Waals surface area contributed by atoms with Crippen molar-refractivity contribution in [2.24, 2.45) is 0 Å². The SMILES string of the molecule is C=C1CCN(C(=O)CCNC(=O)c2ncccc2O)CC1. The summed E-state index contributed by atoms with van der Waals surface area (Å²) in [6.45, 7) is 5.54. The van der Waals surface area contributed by atoms with Gasteiger partial charge in [0.25, 0.3) is 5.91 Å². The van der Waals surface area contributed by atoms with Crippen LogP contribution < -0.4 is 5.32 Å². The average Bonchev–Trinajstić information content (AvgIpc) is 2.48. The lowest BCUT2D eigenvalue weighted by Gasteiger charge is -2.28. The van der Waals surface area contributed by atoms with Gasteiger partial charge in [-0.2, -0.15) is 0 Å². The van der Waals surface area contributed by atoms with E-state index in [-0.39, 0.29) is 30.3 Å². The first-order valence-electron chi connectivity index (χ1n) is 6.94. The van der Waals surface area contributed by atoms with Gasteiger partial charge in [0, 0.05) is 32.3 Å². The van der Waals surface area contributed by atoms with Crippen LogP contribution in [0.15, 0.2) is 30.5 Å². The Kier molecular flexibility index (Phi) is 4.92. The van der Waals surface area contributed by atoms with Gasteiger partial charge >= 0.3 is 0 Å². The van der Waals surface area contributed by atoms with Gasteiger partial charge in [-0.1, -0.05) is 12.2 Å². The van der Waals surface area contributed by atoms with Gasteiger partial charge in [0.05, 0.1) is 0 Å². The Morgan fingerprint density at radius 2 is 2.10 bits per heavy atom. The maximum absolute atomic E-state index is 12.0. The summed E-state index contributed by atoms with van der Waals surface area (Å²) >= 11 is 0. The molecular formula is C15H19N3O3. The molecule has 6 nitrogen and oxygen atoms in total. The van der Waals surface area contributed by atoms with Crippen molar-refractivity contribution in [3.05, 3.63) is 36.2 Å². The van der Waals surface area contributed by atoms with E-state index in [1.165, 1.54) is 17.8 Å². The summed E-state index contributed by atoms with van der Waals surface area (Å²) < 4.78 is 0. The second kappa shape index (κ2) is 6.88. The second-order valence-corrected chi connectivity index (χ2v) is 5.01. The summed E-state index contributed by atoms with van der Waals surface area (Å²) in [4.78, 5) is 29.4. The van der Waals surface area contributed by atoms with Crippen LogP contribution in [-0.4, -0.2) is 46.4 Å². The molecule has 2 amide bonds. The molecule has 1 aliphatic heterocycles. The van der Waals surface area contributed by atoms with E-state index in [1.807, 2.05) is 0 Å². The Labute approximate surface area is 123 Å². The van der Waals surface area contributed by atoms with Crippen LogP contribution >= 0.6 is 0 Å². The molecule has 1 fully saturated rings. The van der Waals surface area contributed by atoms with Crippen molar-refractivity contribution in [1.82, 2.24) is 15.2 Å². The first kappa shape index (κ1) is 15.0. The smallest absolute Gasteiger partial charge is 0.273 e. The quantitative estimate of drug-likeness (QED) is 0.813. The maximum atomic E-state index is 12.0. The fraction of sp³-hybridized carbons (Fsp3) is 0.400. The third-order valence-corrected chi connectivity index (χ3v) is 3.45. The van der Waals surface area contributed by atoms with Crippen LogP contribution in [0.1, 0.15) is 29.8 Å². The monoisotopic (exact) mass is 289 g/mol. The molecule has 2 heterocycles. The molecule has 21 heavy (non-hydrogen) atoms. The van der Waals surface area contributed by atoms with Crippen LogP contribution in [0.5, 0.6) is 5.75 Å². The Morgan fingerprint density at radius 1 is 1.38 bits per heavy atom. The highest BCUT2D eigenvalue weighted by molar-refractivity contribution is 5.94. The molecule has 1 saturated heterocycles. The van der Waals surface area contributed by atoms with Gasteiger partial charge in [0.1, 0.15) is 5.75 Å². The van der Waals surface area contributed by atoms with Crippen LogP contribution in [0, 0.1) is 0 Å². The zero-order valence-corrected chi connectivity index (χ0v) is 11.8. The van der Waals surface area contributed by atoms with Crippen molar-refractivity contribution >= 4 is 11.8 Å². The molecule has 0 radical (unpaired) electrons. The van der Waals surface area contributed by atoms with Gasteiger partial charge in [-0.15, -0.1) is 0 Å². The molecule has 0 saturated carbocycles. The summed E-state index contributed by atoms with van der Waals surface area (Å²) in [6, 6.07) is 2.94. The summed E-state index contributed by atoms with van der Waals surface area (Å²) in [5.74, 6) is -0.628. The third-order valence-electron chi connectivity index (χ3n) is 3.45. The van der Waals surface area contributed by atoms with Gasteiger partial charge in [-0.05, 0) is 25.0 Å². The molecule has 1 aromatic heterocycles. The number of carbonyl (C=O) groups is 2. The number of carbonyl (C=O) groups excluding carboxylic acids is 2. The van der Waals surface area contributed by atoms with Gasteiger partial charge < -0.3 is 15.3 Å². The Hall–Kier alpha value is -2.37. The molecule has 0 atom stereocenters. The molecule has 0 spiro atoms. The zero-order chi connectivity index (χ0) is 15.2. The fourth-order valence-corrected chi connectivity index (χ4v) is 2.17. The van der Waals surface area contributed by atoms with E-state index in [0.29, 0.717) is 13.1 Å². The van der Waals surface area contributed by atoms with Crippen molar-refractivity contribution in [3.8, 4) is 5.75 Å². The first-order chi connectivity index (χ1) is 10.1. The topological polar surface area (TPSA) is 82.5 Å². The fourth-order valence-electron chi connectivity index (χ4n) is 2.17. The molecule has 112 valence electrons. The molecule has 6 heteroatoms. The van der Waals surface area contributed by atoms with Crippen LogP contribution in [0.25, 0.3) is 0 Å². The van der Waals surface area contributed by atoms with Gasteiger partial charge in [-0.3, -0.25) is 9.59 Å². The minimum absolute atomic E-state index is 0.0213. The highest BCUT2D eigenvalue weighted by Gasteiger charge is 2.18. The van der Waals surface area contributed by atoms with E-state index in [2.05, 4.69) is 16.9 Å². The van der Waals surface area contributed by atoms with Crippen molar-refractivity contribution in [2.45, 2.75) is 19.3 Å². The molecule has 0 aliphatic carbocycles. The Morgan fingerprint density at radius 3 is 2.76 bits per heavy atom. The van der Waals surface area contributed by atoms with E-state index >= 15 is 0 Å². The van der Waals surface area contributed by atoms with Gasteiger partial charge in [-0.25, -0.2) is 4.98 Å². The van der Waals surface area contributed by atoms with Crippen LogP contribution in [0.4, 0.5) is 0 Å². The third kappa shape index (κ3) is 4.05. The average molecular weight is 289 g/mol. The molecule has 0 aromatic carbocycles. The van der Waals surface area contributed by atoms with E-state index in [9.17, 15) is 14.7 Å². The van der Waals surface area contributed by atoms with Gasteiger partial charge in [0.15, 0.2) is 5.69 Å². The number of pyridine rings is 1. The summed E-state index contributed by atoms with van der Waals surface area (Å²) in [7, 11) is 0. The molecule has 1 aliphatic rings. The normalized spacial score (nSPS) is 14.9. The molecule has 2 rings (SSSR count). The van der Waals surface area contributed by atoms with Crippen LogP contribution in [0.2, 0.25) is 0 Å².